The molecule has 0 saturated carbocycles. The number of benzene rings is 1. The Kier molecular flexibility index (Phi) is 2.90. The van der Waals surface area contributed by atoms with Crippen LogP contribution in [0.15, 0.2) is 24.3 Å². The van der Waals surface area contributed by atoms with Gasteiger partial charge in [-0.05, 0) is 24.0 Å². The highest BCUT2D eigenvalue weighted by atomic mass is 16.6. The van der Waals surface area contributed by atoms with Gasteiger partial charge in [-0.15, -0.1) is 0 Å². The van der Waals surface area contributed by atoms with Gasteiger partial charge in [-0.1, -0.05) is 13.8 Å². The number of ketones is 1. The summed E-state index contributed by atoms with van der Waals surface area (Å²) in [6.07, 6.45) is 1.26. The molecule has 0 unspecified atom stereocenters. The van der Waals surface area contributed by atoms with E-state index in [1.165, 1.54) is 12.1 Å². The van der Waals surface area contributed by atoms with E-state index in [9.17, 15) is 14.9 Å². The van der Waals surface area contributed by atoms with Crippen LogP contribution in [0.2, 0.25) is 0 Å². The minimum absolute atomic E-state index is 0.0237. The summed E-state index contributed by atoms with van der Waals surface area (Å²) in [4.78, 5) is 22.6. The maximum absolute atomic E-state index is 12.4. The summed E-state index contributed by atoms with van der Waals surface area (Å²) in [5, 5.41) is 17.9. The van der Waals surface area contributed by atoms with Crippen molar-refractivity contribution in [3.05, 3.63) is 45.6 Å². The fraction of sp³-hybridized carbons (Fsp3) is 0.333. The molecule has 1 aliphatic rings. The molecule has 0 aliphatic heterocycles. The molecule has 6 heteroatoms. The number of hydrogen-bond acceptors (Lipinski definition) is 4. The predicted octanol–water partition coefficient (Wildman–Crippen LogP) is 3.14. The lowest BCUT2D eigenvalue weighted by Gasteiger charge is -2.27. The number of nitro groups is 1. The molecule has 0 bridgehead atoms. The van der Waals surface area contributed by atoms with Crippen LogP contribution in [-0.4, -0.2) is 20.9 Å². The van der Waals surface area contributed by atoms with Gasteiger partial charge in [0.1, 0.15) is 5.69 Å². The second kappa shape index (κ2) is 4.51. The number of non-ortho nitro benzene ring substituents is 1. The summed E-state index contributed by atoms with van der Waals surface area (Å²) in [6, 6.07) is 6.10. The van der Waals surface area contributed by atoms with Crippen LogP contribution in [-0.2, 0) is 6.42 Å². The molecule has 0 saturated heterocycles. The first-order valence-electron chi connectivity index (χ1n) is 6.73. The predicted molar refractivity (Wildman–Crippen MR) is 77.1 cm³/mol. The van der Waals surface area contributed by atoms with Crippen molar-refractivity contribution in [1.29, 1.82) is 0 Å². The number of fused-ring (bicyclic) bond motifs is 1. The van der Waals surface area contributed by atoms with Crippen LogP contribution in [0.5, 0.6) is 0 Å². The average Bonchev–Trinajstić information content (AvgIpc) is 2.81. The van der Waals surface area contributed by atoms with Gasteiger partial charge in [0.2, 0.25) is 0 Å². The standard InChI is InChI=1S/C15H15N3O3/c1-15(2)7-11-13(12(19)8-15)14(17-16-11)9-3-5-10(6-4-9)18(20)21/h3-6H,7-8H2,1-2H3,(H,16,17). The van der Waals surface area contributed by atoms with Crippen LogP contribution in [0.1, 0.15) is 36.3 Å². The van der Waals surface area contributed by atoms with E-state index in [2.05, 4.69) is 24.0 Å². The molecular weight excluding hydrogens is 270 g/mol. The molecule has 21 heavy (non-hydrogen) atoms. The van der Waals surface area contributed by atoms with E-state index in [-0.39, 0.29) is 16.9 Å². The molecule has 108 valence electrons. The van der Waals surface area contributed by atoms with Gasteiger partial charge in [0.15, 0.2) is 5.78 Å². The number of nitrogens with one attached hydrogen (secondary N) is 1. The molecule has 0 spiro atoms. The van der Waals surface area contributed by atoms with Crippen LogP contribution in [0.25, 0.3) is 11.3 Å². The zero-order valence-corrected chi connectivity index (χ0v) is 11.8. The van der Waals surface area contributed by atoms with Crippen molar-refractivity contribution in [3.8, 4) is 11.3 Å². The molecule has 3 rings (SSSR count). The van der Waals surface area contributed by atoms with Crippen LogP contribution in [0.3, 0.4) is 0 Å². The Bertz CT molecular complexity index is 729. The Morgan fingerprint density at radius 2 is 1.90 bits per heavy atom. The van der Waals surface area contributed by atoms with Crippen LogP contribution >= 0.6 is 0 Å². The maximum atomic E-state index is 12.4. The van der Waals surface area contributed by atoms with Gasteiger partial charge in [-0.25, -0.2) is 0 Å². The molecule has 1 aliphatic carbocycles. The zero-order chi connectivity index (χ0) is 15.2. The van der Waals surface area contributed by atoms with Crippen molar-refractivity contribution in [2.75, 3.05) is 0 Å². The zero-order valence-electron chi connectivity index (χ0n) is 11.8. The lowest BCUT2D eigenvalue weighted by atomic mass is 9.75. The first-order valence-corrected chi connectivity index (χ1v) is 6.73. The monoisotopic (exact) mass is 285 g/mol. The number of hydrogen-bond donors (Lipinski definition) is 1. The number of Topliss-reactive ketones (excluding diaryl/α,β-unsaturated/α-hetero) is 1. The topological polar surface area (TPSA) is 88.9 Å². The number of aromatic amines is 1. The Morgan fingerprint density at radius 1 is 1.24 bits per heavy atom. The molecular formula is C15H15N3O3. The summed E-state index contributed by atoms with van der Waals surface area (Å²) in [5.41, 5.74) is 2.73. The molecule has 0 amide bonds. The molecule has 1 aromatic carbocycles. The van der Waals surface area contributed by atoms with E-state index in [0.717, 1.165) is 12.1 Å². The number of rotatable bonds is 2. The fourth-order valence-corrected chi connectivity index (χ4v) is 2.82. The molecule has 1 heterocycles. The Hall–Kier alpha value is -2.50. The quantitative estimate of drug-likeness (QED) is 0.678. The fourth-order valence-electron chi connectivity index (χ4n) is 2.82. The van der Waals surface area contributed by atoms with Crippen LogP contribution in [0, 0.1) is 15.5 Å². The highest BCUT2D eigenvalue weighted by Gasteiger charge is 2.34. The van der Waals surface area contributed by atoms with Crippen molar-refractivity contribution in [2.24, 2.45) is 5.41 Å². The number of H-pyrrole nitrogens is 1. The summed E-state index contributed by atoms with van der Waals surface area (Å²) in [5.74, 6) is 0.0725. The van der Waals surface area contributed by atoms with E-state index in [0.29, 0.717) is 23.2 Å². The van der Waals surface area contributed by atoms with Crippen LogP contribution < -0.4 is 0 Å². The molecule has 6 nitrogen and oxygen atoms in total. The number of carbonyl (C=O) groups excluding carboxylic acids is 1. The number of carbonyl (C=O) groups is 1. The third-order valence-electron chi connectivity index (χ3n) is 3.77. The van der Waals surface area contributed by atoms with Crippen molar-refractivity contribution < 1.29 is 9.72 Å². The molecule has 2 aromatic rings. The average molecular weight is 285 g/mol. The van der Waals surface area contributed by atoms with E-state index < -0.39 is 4.92 Å². The molecule has 1 N–H and O–H groups in total. The first kappa shape index (κ1) is 13.5. The molecule has 1 aromatic heterocycles. The Morgan fingerprint density at radius 3 is 2.52 bits per heavy atom. The minimum atomic E-state index is -0.447. The Labute approximate surface area is 121 Å². The third-order valence-corrected chi connectivity index (χ3v) is 3.77. The third kappa shape index (κ3) is 2.33. The van der Waals surface area contributed by atoms with Gasteiger partial charge in [-0.2, -0.15) is 5.10 Å². The summed E-state index contributed by atoms with van der Waals surface area (Å²) >= 11 is 0. The van der Waals surface area contributed by atoms with E-state index >= 15 is 0 Å². The van der Waals surface area contributed by atoms with E-state index in [1.54, 1.807) is 12.1 Å². The van der Waals surface area contributed by atoms with E-state index in [1.807, 2.05) is 0 Å². The van der Waals surface area contributed by atoms with Crippen molar-refractivity contribution in [2.45, 2.75) is 26.7 Å². The van der Waals surface area contributed by atoms with E-state index in [4.69, 9.17) is 0 Å². The second-order valence-corrected chi connectivity index (χ2v) is 6.17. The van der Waals surface area contributed by atoms with Gasteiger partial charge >= 0.3 is 0 Å². The first-order chi connectivity index (χ1) is 9.87. The summed E-state index contributed by atoms with van der Waals surface area (Å²) < 4.78 is 0. The highest BCUT2D eigenvalue weighted by molar-refractivity contribution is 6.03. The number of aromatic nitrogens is 2. The van der Waals surface area contributed by atoms with Crippen molar-refractivity contribution in [1.82, 2.24) is 10.2 Å². The van der Waals surface area contributed by atoms with Gasteiger partial charge < -0.3 is 0 Å². The molecule has 0 fully saturated rings. The maximum Gasteiger partial charge on any atom is 0.269 e. The summed E-state index contributed by atoms with van der Waals surface area (Å²) in [7, 11) is 0. The van der Waals surface area contributed by atoms with Crippen molar-refractivity contribution in [3.63, 3.8) is 0 Å². The smallest absolute Gasteiger partial charge is 0.269 e. The summed E-state index contributed by atoms with van der Waals surface area (Å²) in [6.45, 7) is 4.11. The van der Waals surface area contributed by atoms with Crippen molar-refractivity contribution >= 4 is 11.5 Å². The number of nitrogens with zero attached hydrogens (tertiary/aromatic N) is 2. The lowest BCUT2D eigenvalue weighted by molar-refractivity contribution is -0.384. The normalized spacial score (nSPS) is 16.6. The van der Waals surface area contributed by atoms with Gasteiger partial charge in [0.25, 0.3) is 5.69 Å². The van der Waals surface area contributed by atoms with Gasteiger partial charge in [-0.3, -0.25) is 20.0 Å². The SMILES string of the molecule is CC1(C)CC(=O)c2c(-c3ccc([N+](=O)[O-])cc3)n[nH]c2C1. The van der Waals surface area contributed by atoms with Gasteiger partial charge in [0.05, 0.1) is 10.5 Å². The largest absolute Gasteiger partial charge is 0.294 e. The number of nitro benzene ring substituents is 1. The molecule has 0 atom stereocenters. The molecule has 0 radical (unpaired) electrons. The minimum Gasteiger partial charge on any atom is -0.294 e. The second-order valence-electron chi connectivity index (χ2n) is 6.17. The highest BCUT2D eigenvalue weighted by Crippen LogP contribution is 2.37. The Balaban J connectivity index is 2.04. The van der Waals surface area contributed by atoms with Gasteiger partial charge in [0, 0.05) is 29.8 Å². The van der Waals surface area contributed by atoms with Crippen LogP contribution in [0.4, 0.5) is 5.69 Å². The lowest BCUT2D eigenvalue weighted by Crippen LogP contribution is -2.26.